The number of carbonyl (C=O) groups is 2. The summed E-state index contributed by atoms with van der Waals surface area (Å²) in [4.78, 5) is 28.2. The minimum absolute atomic E-state index is 0.285. The Bertz CT molecular complexity index is 1160. The van der Waals surface area contributed by atoms with Crippen LogP contribution in [0.15, 0.2) is 97.6 Å². The third kappa shape index (κ3) is 4.29. The molecule has 0 spiro atoms. The highest BCUT2D eigenvalue weighted by molar-refractivity contribution is 6.92. The van der Waals surface area contributed by atoms with Gasteiger partial charge in [-0.15, -0.1) is 6.58 Å². The molecule has 1 aliphatic heterocycles. The number of hydrogen-bond donors (Lipinski definition) is 1. The second-order valence-electron chi connectivity index (χ2n) is 9.59. The first-order valence-electron chi connectivity index (χ1n) is 11.7. The predicted molar refractivity (Wildman–Crippen MR) is 139 cm³/mol. The molecule has 3 aromatic rings. The maximum Gasteiger partial charge on any atom is 0.261 e. The Morgan fingerprint density at radius 1 is 0.882 bits per heavy atom. The van der Waals surface area contributed by atoms with Crippen LogP contribution in [0.1, 0.15) is 39.1 Å². The van der Waals surface area contributed by atoms with Gasteiger partial charge in [0, 0.05) is 6.04 Å². The van der Waals surface area contributed by atoms with Crippen LogP contribution in [0.4, 0.5) is 0 Å². The number of imide groups is 1. The Balaban J connectivity index is 1.76. The van der Waals surface area contributed by atoms with Crippen molar-refractivity contribution >= 4 is 25.1 Å². The molecule has 3 aromatic carbocycles. The molecule has 174 valence electrons. The second-order valence-corrected chi connectivity index (χ2v) is 14.3. The molecule has 0 bridgehead atoms. The molecule has 2 atom stereocenters. The molecule has 0 aliphatic carbocycles. The van der Waals surface area contributed by atoms with Crippen molar-refractivity contribution in [2.24, 2.45) is 0 Å². The van der Waals surface area contributed by atoms with E-state index in [1.54, 1.807) is 30.3 Å². The topological polar surface area (TPSA) is 57.6 Å². The molecule has 1 unspecified atom stereocenters. The third-order valence-electron chi connectivity index (χ3n) is 7.22. The Morgan fingerprint density at radius 2 is 1.38 bits per heavy atom. The van der Waals surface area contributed by atoms with Crippen LogP contribution in [-0.2, 0) is 6.42 Å². The standard InChI is InChI=1S/C29H31NO3Si/c1-4-19-29(33,34(2,3)24-15-9-6-10-16-24)21-23(20-22-13-7-5-8-14-22)30-27(31)25-17-11-12-18-26(25)28(30)32/h4-18,23,33H,1,19-21H2,2-3H3/t23-,29?/m0/s1. The van der Waals surface area contributed by atoms with E-state index in [0.717, 1.165) is 10.8 Å². The maximum absolute atomic E-state index is 13.4. The average Bonchev–Trinajstić information content (AvgIpc) is 3.10. The van der Waals surface area contributed by atoms with E-state index in [-0.39, 0.29) is 18.2 Å². The van der Waals surface area contributed by atoms with Crippen LogP contribution in [0, 0.1) is 0 Å². The maximum atomic E-state index is 13.4. The van der Waals surface area contributed by atoms with Gasteiger partial charge in [0.1, 0.15) is 8.07 Å². The van der Waals surface area contributed by atoms with Gasteiger partial charge in [0.25, 0.3) is 11.8 Å². The van der Waals surface area contributed by atoms with Gasteiger partial charge in [0.15, 0.2) is 0 Å². The Labute approximate surface area is 202 Å². The SMILES string of the molecule is C=CCC(O)(C[C@H](Cc1ccccc1)N1C(=O)c2ccccc2C1=O)[Si](C)(C)c1ccccc1. The van der Waals surface area contributed by atoms with Crippen LogP contribution >= 0.6 is 0 Å². The predicted octanol–water partition coefficient (Wildman–Crippen LogP) is 4.75. The fraction of sp³-hybridized carbons (Fsp3) is 0.241. The smallest absolute Gasteiger partial charge is 0.261 e. The summed E-state index contributed by atoms with van der Waals surface area (Å²) in [6, 6.07) is 26.4. The summed E-state index contributed by atoms with van der Waals surface area (Å²) in [5, 5.41) is 12.3. The molecule has 5 heteroatoms. The van der Waals surface area contributed by atoms with E-state index in [2.05, 4.69) is 31.8 Å². The normalized spacial score (nSPS) is 16.1. The van der Waals surface area contributed by atoms with Crippen molar-refractivity contribution in [3.05, 3.63) is 114 Å². The molecule has 0 aromatic heterocycles. The molecule has 4 rings (SSSR count). The van der Waals surface area contributed by atoms with Crippen molar-refractivity contribution in [2.75, 3.05) is 0 Å². The lowest BCUT2D eigenvalue weighted by molar-refractivity contribution is 0.0437. The number of carbonyl (C=O) groups excluding carboxylic acids is 2. The first-order chi connectivity index (χ1) is 16.3. The lowest BCUT2D eigenvalue weighted by atomic mass is 9.97. The molecule has 34 heavy (non-hydrogen) atoms. The number of benzene rings is 3. The van der Waals surface area contributed by atoms with E-state index in [1.807, 2.05) is 48.5 Å². The van der Waals surface area contributed by atoms with Gasteiger partial charge in [-0.1, -0.05) is 97.2 Å². The van der Waals surface area contributed by atoms with Crippen LogP contribution in [0.5, 0.6) is 0 Å². The molecule has 0 fully saturated rings. The van der Waals surface area contributed by atoms with Crippen LogP contribution in [-0.4, -0.2) is 41.2 Å². The zero-order valence-electron chi connectivity index (χ0n) is 19.8. The quantitative estimate of drug-likeness (QED) is 0.280. The van der Waals surface area contributed by atoms with Gasteiger partial charge < -0.3 is 5.11 Å². The number of fused-ring (bicyclic) bond motifs is 1. The lowest BCUT2D eigenvalue weighted by Crippen LogP contribution is -2.64. The van der Waals surface area contributed by atoms with E-state index in [0.29, 0.717) is 24.0 Å². The zero-order valence-corrected chi connectivity index (χ0v) is 20.8. The van der Waals surface area contributed by atoms with Gasteiger partial charge in [-0.05, 0) is 37.0 Å². The highest BCUT2D eigenvalue weighted by atomic mass is 28.3. The van der Waals surface area contributed by atoms with Crippen LogP contribution < -0.4 is 5.19 Å². The minimum atomic E-state index is -2.47. The second kappa shape index (κ2) is 9.53. The van der Waals surface area contributed by atoms with E-state index in [4.69, 9.17) is 0 Å². The van der Waals surface area contributed by atoms with Crippen molar-refractivity contribution < 1.29 is 14.7 Å². The third-order valence-corrected chi connectivity index (χ3v) is 11.7. The first kappa shape index (κ1) is 23.9. The van der Waals surface area contributed by atoms with Gasteiger partial charge in [0.05, 0.1) is 16.4 Å². The molecule has 4 nitrogen and oxygen atoms in total. The summed E-state index contributed by atoms with van der Waals surface area (Å²) < 4.78 is 0. The summed E-state index contributed by atoms with van der Waals surface area (Å²) in [6.07, 6.45) is 2.90. The highest BCUT2D eigenvalue weighted by Gasteiger charge is 2.50. The van der Waals surface area contributed by atoms with E-state index in [1.165, 1.54) is 4.90 Å². The molecule has 1 aliphatic rings. The van der Waals surface area contributed by atoms with Gasteiger partial charge in [-0.3, -0.25) is 14.5 Å². The minimum Gasteiger partial charge on any atom is -0.393 e. The molecule has 0 radical (unpaired) electrons. The number of aliphatic hydroxyl groups is 1. The number of rotatable bonds is 9. The lowest BCUT2D eigenvalue weighted by Gasteiger charge is -2.44. The number of hydrogen-bond acceptors (Lipinski definition) is 3. The van der Waals surface area contributed by atoms with Crippen molar-refractivity contribution in [2.45, 2.75) is 43.6 Å². The number of nitrogens with zero attached hydrogens (tertiary/aromatic N) is 1. The summed E-state index contributed by atoms with van der Waals surface area (Å²) in [7, 11) is -2.47. The van der Waals surface area contributed by atoms with Crippen LogP contribution in [0.3, 0.4) is 0 Å². The molecule has 2 amide bonds. The van der Waals surface area contributed by atoms with Gasteiger partial charge >= 0.3 is 0 Å². The Hall–Kier alpha value is -3.28. The molecule has 1 heterocycles. The largest absolute Gasteiger partial charge is 0.393 e. The van der Waals surface area contributed by atoms with Gasteiger partial charge in [0.2, 0.25) is 0 Å². The first-order valence-corrected chi connectivity index (χ1v) is 14.7. The summed E-state index contributed by atoms with van der Waals surface area (Å²) in [6.45, 7) is 8.21. The van der Waals surface area contributed by atoms with Crippen molar-refractivity contribution in [1.82, 2.24) is 4.90 Å². The van der Waals surface area contributed by atoms with E-state index < -0.39 is 19.3 Å². The van der Waals surface area contributed by atoms with E-state index >= 15 is 0 Å². The zero-order chi connectivity index (χ0) is 24.3. The molecular weight excluding hydrogens is 438 g/mol. The van der Waals surface area contributed by atoms with Gasteiger partial charge in [-0.2, -0.15) is 0 Å². The van der Waals surface area contributed by atoms with Crippen molar-refractivity contribution in [3.8, 4) is 0 Å². The summed E-state index contributed by atoms with van der Waals surface area (Å²) >= 11 is 0. The Morgan fingerprint density at radius 3 is 1.91 bits per heavy atom. The fourth-order valence-corrected chi connectivity index (χ4v) is 7.99. The fourth-order valence-electron chi connectivity index (χ4n) is 5.03. The molecule has 0 saturated heterocycles. The monoisotopic (exact) mass is 469 g/mol. The molecular formula is C29H31NO3Si. The average molecular weight is 470 g/mol. The highest BCUT2D eigenvalue weighted by Crippen LogP contribution is 2.35. The molecule has 1 N–H and O–H groups in total. The van der Waals surface area contributed by atoms with Crippen LogP contribution in [0.25, 0.3) is 0 Å². The van der Waals surface area contributed by atoms with Gasteiger partial charge in [-0.25, -0.2) is 0 Å². The molecule has 0 saturated carbocycles. The van der Waals surface area contributed by atoms with E-state index in [9.17, 15) is 14.7 Å². The number of amides is 2. The van der Waals surface area contributed by atoms with Crippen molar-refractivity contribution in [1.29, 1.82) is 0 Å². The van der Waals surface area contributed by atoms with Crippen molar-refractivity contribution in [3.63, 3.8) is 0 Å². The Kier molecular flexibility index (Phi) is 6.69. The van der Waals surface area contributed by atoms with Crippen LogP contribution in [0.2, 0.25) is 13.1 Å². The summed E-state index contributed by atoms with van der Waals surface area (Å²) in [5.74, 6) is -0.580. The summed E-state index contributed by atoms with van der Waals surface area (Å²) in [5.41, 5.74) is 1.87.